The van der Waals surface area contributed by atoms with Crippen molar-refractivity contribution in [1.29, 1.82) is 0 Å². The van der Waals surface area contributed by atoms with Crippen molar-refractivity contribution < 1.29 is 26.3 Å². The van der Waals surface area contributed by atoms with E-state index in [2.05, 4.69) is 10.2 Å². The first-order chi connectivity index (χ1) is 14.6. The number of hydrogen-bond donors (Lipinski definition) is 0. The van der Waals surface area contributed by atoms with Gasteiger partial charge < -0.3 is 4.57 Å². The molecule has 4 rings (SSSR count). The van der Waals surface area contributed by atoms with Gasteiger partial charge in [-0.3, -0.25) is 4.90 Å². The largest absolute Gasteiger partial charge is 0.416 e. The van der Waals surface area contributed by atoms with Gasteiger partial charge in [-0.05, 0) is 35.7 Å². The van der Waals surface area contributed by atoms with Crippen LogP contribution in [0.4, 0.5) is 26.3 Å². The lowest BCUT2D eigenvalue weighted by molar-refractivity contribution is -0.143. The Balaban J connectivity index is 1.77. The number of aryl methyl sites for hydroxylation is 1. The number of alkyl halides is 6. The van der Waals surface area contributed by atoms with Crippen LogP contribution in [-0.4, -0.2) is 26.2 Å². The minimum atomic E-state index is -4.88. The molecule has 164 valence electrons. The summed E-state index contributed by atoms with van der Waals surface area (Å²) in [7, 11) is 0. The monoisotopic (exact) mass is 440 g/mol. The van der Waals surface area contributed by atoms with Gasteiger partial charge in [0.2, 0.25) is 0 Å². The maximum absolute atomic E-state index is 13.3. The quantitative estimate of drug-likeness (QED) is 0.518. The molecule has 31 heavy (non-hydrogen) atoms. The molecule has 1 aromatic heterocycles. The van der Waals surface area contributed by atoms with Crippen molar-refractivity contribution in [2.24, 2.45) is 0 Å². The molecule has 0 spiro atoms. The van der Waals surface area contributed by atoms with Crippen molar-refractivity contribution in [2.45, 2.75) is 37.9 Å². The standard InChI is InChI=1S/C21H18F6N4/c22-20(23,24)16-9-14(10-17(11-16)21(25,26)27)12-30-7-4-8-31-13-28-29-19(31)18(30)15-5-2-1-3-6-15/h1-3,5-6,9-11,13,18H,4,7-8,12H2. The second kappa shape index (κ2) is 7.99. The summed E-state index contributed by atoms with van der Waals surface area (Å²) in [5, 5.41) is 8.14. The maximum atomic E-state index is 13.3. The summed E-state index contributed by atoms with van der Waals surface area (Å²) in [5.74, 6) is 0.603. The summed E-state index contributed by atoms with van der Waals surface area (Å²) < 4.78 is 81.5. The van der Waals surface area contributed by atoms with Crippen molar-refractivity contribution in [3.05, 3.63) is 82.9 Å². The number of hydrogen-bond acceptors (Lipinski definition) is 3. The highest BCUT2D eigenvalue weighted by atomic mass is 19.4. The minimum absolute atomic E-state index is 0.0592. The van der Waals surface area contributed by atoms with E-state index in [1.54, 1.807) is 6.33 Å². The van der Waals surface area contributed by atoms with Gasteiger partial charge in [-0.2, -0.15) is 26.3 Å². The van der Waals surface area contributed by atoms with Gasteiger partial charge in [0, 0.05) is 19.6 Å². The number of nitrogens with zero attached hydrogens (tertiary/aromatic N) is 4. The van der Waals surface area contributed by atoms with Gasteiger partial charge in [-0.1, -0.05) is 30.3 Å². The molecule has 1 atom stereocenters. The molecule has 2 aromatic carbocycles. The molecule has 1 unspecified atom stereocenters. The SMILES string of the molecule is FC(F)(F)c1cc(CN2CCCn3cnnc3C2c2ccccc2)cc(C(F)(F)F)c1. The molecule has 2 heterocycles. The Morgan fingerprint density at radius 2 is 1.52 bits per heavy atom. The van der Waals surface area contributed by atoms with Gasteiger partial charge >= 0.3 is 12.4 Å². The van der Waals surface area contributed by atoms with Gasteiger partial charge in [0.1, 0.15) is 6.33 Å². The van der Waals surface area contributed by atoms with Crippen molar-refractivity contribution in [1.82, 2.24) is 19.7 Å². The zero-order chi connectivity index (χ0) is 22.2. The van der Waals surface area contributed by atoms with Gasteiger partial charge in [0.05, 0.1) is 17.2 Å². The number of halogens is 6. The number of aromatic nitrogens is 3. The van der Waals surface area contributed by atoms with Crippen LogP contribution in [0, 0.1) is 0 Å². The lowest BCUT2D eigenvalue weighted by Crippen LogP contribution is -2.30. The smallest absolute Gasteiger partial charge is 0.316 e. The molecule has 1 aliphatic heterocycles. The number of fused-ring (bicyclic) bond motifs is 1. The van der Waals surface area contributed by atoms with E-state index in [9.17, 15) is 26.3 Å². The Morgan fingerprint density at radius 3 is 2.13 bits per heavy atom. The average molecular weight is 440 g/mol. The van der Waals surface area contributed by atoms with Gasteiger partial charge in [-0.25, -0.2) is 0 Å². The zero-order valence-electron chi connectivity index (χ0n) is 16.2. The lowest BCUT2D eigenvalue weighted by atomic mass is 10.0. The van der Waals surface area contributed by atoms with Crippen LogP contribution in [0.1, 0.15) is 40.5 Å². The molecule has 0 aliphatic carbocycles. The van der Waals surface area contributed by atoms with Crippen molar-refractivity contribution in [3.63, 3.8) is 0 Å². The third-order valence-electron chi connectivity index (χ3n) is 5.25. The third-order valence-corrected chi connectivity index (χ3v) is 5.25. The molecule has 0 radical (unpaired) electrons. The van der Waals surface area contributed by atoms with Crippen molar-refractivity contribution in [2.75, 3.05) is 6.54 Å². The molecule has 3 aromatic rings. The van der Waals surface area contributed by atoms with Crippen LogP contribution in [0.3, 0.4) is 0 Å². The van der Waals surface area contributed by atoms with Crippen LogP contribution < -0.4 is 0 Å². The van der Waals surface area contributed by atoms with Gasteiger partial charge in [0.15, 0.2) is 5.82 Å². The summed E-state index contributed by atoms with van der Waals surface area (Å²) >= 11 is 0. The molecule has 10 heteroatoms. The summed E-state index contributed by atoms with van der Waals surface area (Å²) in [5.41, 5.74) is -1.85. The topological polar surface area (TPSA) is 34.0 Å². The van der Waals surface area contributed by atoms with E-state index in [-0.39, 0.29) is 18.2 Å². The molecule has 0 fully saturated rings. The van der Waals surface area contributed by atoms with E-state index in [1.807, 2.05) is 39.8 Å². The molecule has 0 amide bonds. The molecule has 0 saturated carbocycles. The summed E-state index contributed by atoms with van der Waals surface area (Å²) in [6.07, 6.45) is -7.53. The van der Waals surface area contributed by atoms with Crippen LogP contribution >= 0.6 is 0 Å². The molecular formula is C21H18F6N4. The molecular weight excluding hydrogens is 422 g/mol. The normalized spacial score (nSPS) is 17.9. The Bertz CT molecular complexity index is 1010. The lowest BCUT2D eigenvalue weighted by Gasteiger charge is -2.30. The van der Waals surface area contributed by atoms with E-state index in [0.717, 1.165) is 17.7 Å². The van der Waals surface area contributed by atoms with Crippen LogP contribution in [0.15, 0.2) is 54.9 Å². The molecule has 0 saturated heterocycles. The Morgan fingerprint density at radius 1 is 0.871 bits per heavy atom. The summed E-state index contributed by atoms with van der Waals surface area (Å²) in [6.45, 7) is 0.985. The van der Waals surface area contributed by atoms with Gasteiger partial charge in [0.25, 0.3) is 0 Å². The van der Waals surface area contributed by atoms with E-state index in [4.69, 9.17) is 0 Å². The third kappa shape index (κ3) is 4.58. The Kier molecular flexibility index (Phi) is 5.50. The van der Waals surface area contributed by atoms with Crippen molar-refractivity contribution >= 4 is 0 Å². The summed E-state index contributed by atoms with van der Waals surface area (Å²) in [6, 6.07) is 10.5. The summed E-state index contributed by atoms with van der Waals surface area (Å²) in [4.78, 5) is 1.85. The number of rotatable bonds is 3. The first-order valence-corrected chi connectivity index (χ1v) is 9.58. The van der Waals surface area contributed by atoms with Crippen LogP contribution in [0.2, 0.25) is 0 Å². The highest BCUT2D eigenvalue weighted by Crippen LogP contribution is 2.38. The molecule has 1 aliphatic rings. The van der Waals surface area contributed by atoms with Crippen LogP contribution in [0.5, 0.6) is 0 Å². The Hall–Kier alpha value is -2.88. The fraction of sp³-hybridized carbons (Fsp3) is 0.333. The van der Waals surface area contributed by atoms with E-state index >= 15 is 0 Å². The fourth-order valence-corrected chi connectivity index (χ4v) is 3.90. The minimum Gasteiger partial charge on any atom is -0.316 e. The molecule has 4 nitrogen and oxygen atoms in total. The predicted octanol–water partition coefficient (Wildman–Crippen LogP) is 5.31. The highest BCUT2D eigenvalue weighted by molar-refractivity contribution is 5.34. The maximum Gasteiger partial charge on any atom is 0.416 e. The Labute approximate surface area is 174 Å². The highest BCUT2D eigenvalue weighted by Gasteiger charge is 2.37. The van der Waals surface area contributed by atoms with E-state index in [0.29, 0.717) is 25.3 Å². The second-order valence-electron chi connectivity index (χ2n) is 7.43. The predicted molar refractivity (Wildman–Crippen MR) is 99.8 cm³/mol. The van der Waals surface area contributed by atoms with Gasteiger partial charge in [-0.15, -0.1) is 10.2 Å². The van der Waals surface area contributed by atoms with Crippen molar-refractivity contribution in [3.8, 4) is 0 Å². The second-order valence-corrected chi connectivity index (χ2v) is 7.43. The van der Waals surface area contributed by atoms with E-state index in [1.165, 1.54) is 0 Å². The van der Waals surface area contributed by atoms with Crippen LogP contribution in [-0.2, 0) is 25.4 Å². The number of benzene rings is 2. The molecule has 0 bridgehead atoms. The first kappa shape index (κ1) is 21.4. The molecule has 0 N–H and O–H groups in total. The van der Waals surface area contributed by atoms with Crippen LogP contribution in [0.25, 0.3) is 0 Å². The van der Waals surface area contributed by atoms with E-state index < -0.39 is 29.5 Å². The fourth-order valence-electron chi connectivity index (χ4n) is 3.90. The zero-order valence-corrected chi connectivity index (χ0v) is 16.2. The average Bonchev–Trinajstić information content (AvgIpc) is 3.08. The first-order valence-electron chi connectivity index (χ1n) is 9.58.